The molecule has 0 fully saturated rings. The van der Waals surface area contributed by atoms with Crippen LogP contribution < -0.4 is 11.1 Å². The van der Waals surface area contributed by atoms with Crippen LogP contribution in [0, 0.1) is 0 Å². The van der Waals surface area contributed by atoms with Gasteiger partial charge in [0, 0.05) is 9.50 Å². The first-order valence-corrected chi connectivity index (χ1v) is 6.50. The second-order valence-electron chi connectivity index (χ2n) is 3.82. The summed E-state index contributed by atoms with van der Waals surface area (Å²) in [6.07, 6.45) is 0. The highest BCUT2D eigenvalue weighted by atomic mass is 79.9. The third kappa shape index (κ3) is 3.00. The fourth-order valence-electron chi connectivity index (χ4n) is 1.53. The van der Waals surface area contributed by atoms with E-state index in [0.29, 0.717) is 15.2 Å². The van der Waals surface area contributed by atoms with Crippen molar-refractivity contribution in [2.24, 2.45) is 0 Å². The molecular formula is C13H10BrClN2O2. The SMILES string of the molecule is Nc1cccc(C(=O)Nc2cc(Cl)ccc2Br)c1O. The summed E-state index contributed by atoms with van der Waals surface area (Å²) >= 11 is 9.17. The molecule has 0 aliphatic heterocycles. The summed E-state index contributed by atoms with van der Waals surface area (Å²) in [5.74, 6) is -0.703. The van der Waals surface area contributed by atoms with Crippen LogP contribution in [-0.2, 0) is 0 Å². The van der Waals surface area contributed by atoms with Crippen molar-refractivity contribution in [3.8, 4) is 5.75 Å². The van der Waals surface area contributed by atoms with Gasteiger partial charge in [0.05, 0.1) is 16.9 Å². The van der Waals surface area contributed by atoms with E-state index in [9.17, 15) is 9.90 Å². The van der Waals surface area contributed by atoms with Crippen LogP contribution in [0.15, 0.2) is 40.9 Å². The number of nitrogen functional groups attached to an aromatic ring is 1. The van der Waals surface area contributed by atoms with Crippen molar-refractivity contribution in [3.63, 3.8) is 0 Å². The number of halogens is 2. The summed E-state index contributed by atoms with van der Waals surface area (Å²) in [6.45, 7) is 0. The van der Waals surface area contributed by atoms with Gasteiger partial charge in [0.15, 0.2) is 5.75 Å². The minimum atomic E-state index is -0.465. The number of benzene rings is 2. The van der Waals surface area contributed by atoms with E-state index in [4.69, 9.17) is 17.3 Å². The summed E-state index contributed by atoms with van der Waals surface area (Å²) in [4.78, 5) is 12.1. The van der Waals surface area contributed by atoms with Gasteiger partial charge in [-0.25, -0.2) is 0 Å². The Morgan fingerprint density at radius 2 is 2.05 bits per heavy atom. The van der Waals surface area contributed by atoms with E-state index in [1.807, 2.05) is 0 Å². The van der Waals surface area contributed by atoms with E-state index in [2.05, 4.69) is 21.2 Å². The molecule has 0 aliphatic carbocycles. The molecule has 4 nitrogen and oxygen atoms in total. The molecular weight excluding hydrogens is 332 g/mol. The molecule has 0 spiro atoms. The predicted molar refractivity (Wildman–Crippen MR) is 79.6 cm³/mol. The summed E-state index contributed by atoms with van der Waals surface area (Å²) in [5.41, 5.74) is 6.31. The lowest BCUT2D eigenvalue weighted by atomic mass is 10.1. The van der Waals surface area contributed by atoms with Crippen molar-refractivity contribution in [1.29, 1.82) is 0 Å². The number of phenols is 1. The van der Waals surface area contributed by atoms with Gasteiger partial charge in [0.1, 0.15) is 0 Å². The number of carbonyl (C=O) groups is 1. The third-order valence-electron chi connectivity index (χ3n) is 2.49. The fraction of sp³-hybridized carbons (Fsp3) is 0. The number of nitrogens with one attached hydrogen (secondary N) is 1. The Morgan fingerprint density at radius 1 is 1.32 bits per heavy atom. The third-order valence-corrected chi connectivity index (χ3v) is 3.42. The lowest BCUT2D eigenvalue weighted by molar-refractivity contribution is 0.102. The molecule has 0 heterocycles. The molecule has 4 N–H and O–H groups in total. The molecule has 2 aromatic carbocycles. The number of hydrogen-bond acceptors (Lipinski definition) is 3. The maximum atomic E-state index is 12.1. The van der Waals surface area contributed by atoms with Crippen LogP contribution in [0.1, 0.15) is 10.4 Å². The number of nitrogens with two attached hydrogens (primary N) is 1. The zero-order valence-corrected chi connectivity index (χ0v) is 12.0. The Labute approximate surface area is 123 Å². The molecule has 2 aromatic rings. The average Bonchev–Trinajstić information content (AvgIpc) is 2.37. The van der Waals surface area contributed by atoms with Crippen LogP contribution in [-0.4, -0.2) is 11.0 Å². The number of rotatable bonds is 2. The van der Waals surface area contributed by atoms with Gasteiger partial charge >= 0.3 is 0 Å². The summed E-state index contributed by atoms with van der Waals surface area (Å²) in [7, 11) is 0. The Kier molecular flexibility index (Phi) is 3.97. The zero-order chi connectivity index (χ0) is 14.0. The summed E-state index contributed by atoms with van der Waals surface area (Å²) < 4.78 is 0.689. The molecule has 0 aliphatic rings. The van der Waals surface area contributed by atoms with Crippen LogP contribution in [0.2, 0.25) is 5.02 Å². The van der Waals surface area contributed by atoms with Gasteiger partial charge < -0.3 is 16.2 Å². The molecule has 0 unspecified atom stereocenters. The Hall–Kier alpha value is -1.72. The Bertz CT molecular complexity index is 647. The highest BCUT2D eigenvalue weighted by molar-refractivity contribution is 9.10. The maximum absolute atomic E-state index is 12.1. The molecule has 19 heavy (non-hydrogen) atoms. The van der Waals surface area contributed by atoms with Gasteiger partial charge in [-0.05, 0) is 46.3 Å². The first kappa shape index (κ1) is 13.7. The van der Waals surface area contributed by atoms with E-state index in [1.165, 1.54) is 12.1 Å². The van der Waals surface area contributed by atoms with Gasteiger partial charge in [0.25, 0.3) is 5.91 Å². The number of para-hydroxylation sites is 1. The predicted octanol–water partition coefficient (Wildman–Crippen LogP) is 3.64. The van der Waals surface area contributed by atoms with E-state index in [1.54, 1.807) is 24.3 Å². The van der Waals surface area contributed by atoms with E-state index < -0.39 is 5.91 Å². The first-order valence-electron chi connectivity index (χ1n) is 5.33. The maximum Gasteiger partial charge on any atom is 0.259 e. The number of phenolic OH excluding ortho intramolecular Hbond substituents is 1. The molecule has 0 atom stereocenters. The highest BCUT2D eigenvalue weighted by Crippen LogP contribution is 2.29. The molecule has 1 amide bonds. The van der Waals surface area contributed by atoms with E-state index in [0.717, 1.165) is 0 Å². The van der Waals surface area contributed by atoms with Crippen molar-refractivity contribution in [2.45, 2.75) is 0 Å². The van der Waals surface area contributed by atoms with Gasteiger partial charge in [-0.1, -0.05) is 17.7 Å². The molecule has 0 saturated heterocycles. The first-order chi connectivity index (χ1) is 8.99. The topological polar surface area (TPSA) is 75.4 Å². The van der Waals surface area contributed by atoms with Crippen molar-refractivity contribution in [1.82, 2.24) is 0 Å². The van der Waals surface area contributed by atoms with Crippen LogP contribution >= 0.6 is 27.5 Å². The van der Waals surface area contributed by atoms with E-state index >= 15 is 0 Å². The molecule has 0 bridgehead atoms. The number of amides is 1. The van der Waals surface area contributed by atoms with Crippen LogP contribution in [0.4, 0.5) is 11.4 Å². The highest BCUT2D eigenvalue weighted by Gasteiger charge is 2.14. The standard InChI is InChI=1S/C13H10BrClN2O2/c14-9-5-4-7(15)6-11(9)17-13(19)8-2-1-3-10(16)12(8)18/h1-6,18H,16H2,(H,17,19). The van der Waals surface area contributed by atoms with Crippen LogP contribution in [0.5, 0.6) is 5.75 Å². The Balaban J connectivity index is 2.31. The quantitative estimate of drug-likeness (QED) is 0.576. The summed E-state index contributed by atoms with van der Waals surface area (Å²) in [5, 5.41) is 12.9. The molecule has 0 aromatic heterocycles. The molecule has 6 heteroatoms. The minimum Gasteiger partial charge on any atom is -0.505 e. The number of aromatic hydroxyl groups is 1. The zero-order valence-electron chi connectivity index (χ0n) is 9.65. The Morgan fingerprint density at radius 3 is 2.79 bits per heavy atom. The van der Waals surface area contributed by atoms with Crippen molar-refractivity contribution in [3.05, 3.63) is 51.5 Å². The van der Waals surface area contributed by atoms with Crippen LogP contribution in [0.3, 0.4) is 0 Å². The number of hydrogen-bond donors (Lipinski definition) is 3. The van der Waals surface area contributed by atoms with Gasteiger partial charge in [-0.3, -0.25) is 4.79 Å². The average molecular weight is 342 g/mol. The normalized spacial score (nSPS) is 10.2. The lowest BCUT2D eigenvalue weighted by Crippen LogP contribution is -2.13. The molecule has 98 valence electrons. The monoisotopic (exact) mass is 340 g/mol. The number of carbonyl (C=O) groups excluding carboxylic acids is 1. The minimum absolute atomic E-state index is 0.104. The number of anilines is 2. The molecule has 0 radical (unpaired) electrons. The van der Waals surface area contributed by atoms with Crippen LogP contribution in [0.25, 0.3) is 0 Å². The van der Waals surface area contributed by atoms with Crippen molar-refractivity contribution < 1.29 is 9.90 Å². The largest absolute Gasteiger partial charge is 0.505 e. The van der Waals surface area contributed by atoms with Gasteiger partial charge in [-0.2, -0.15) is 0 Å². The fourth-order valence-corrected chi connectivity index (χ4v) is 2.05. The van der Waals surface area contributed by atoms with Gasteiger partial charge in [0.2, 0.25) is 0 Å². The second kappa shape index (κ2) is 5.50. The summed E-state index contributed by atoms with van der Waals surface area (Å²) in [6, 6.07) is 9.61. The van der Waals surface area contributed by atoms with Crippen molar-refractivity contribution in [2.75, 3.05) is 11.1 Å². The lowest BCUT2D eigenvalue weighted by Gasteiger charge is -2.10. The van der Waals surface area contributed by atoms with E-state index in [-0.39, 0.29) is 17.0 Å². The van der Waals surface area contributed by atoms with Gasteiger partial charge in [-0.15, -0.1) is 0 Å². The molecule has 0 saturated carbocycles. The van der Waals surface area contributed by atoms with Crippen molar-refractivity contribution >= 4 is 44.8 Å². The second-order valence-corrected chi connectivity index (χ2v) is 5.11. The molecule has 2 rings (SSSR count). The smallest absolute Gasteiger partial charge is 0.259 e.